The fourth-order valence-corrected chi connectivity index (χ4v) is 2.05. The maximum absolute atomic E-state index is 11.4. The Balaban J connectivity index is 2.05. The van der Waals surface area contributed by atoms with Gasteiger partial charge in [-0.25, -0.2) is 0 Å². The number of carbonyl (C=O) groups is 2. The number of hydrogen-bond acceptors (Lipinski definition) is 2. The summed E-state index contributed by atoms with van der Waals surface area (Å²) in [6.07, 6.45) is 3.34. The van der Waals surface area contributed by atoms with E-state index < -0.39 is 0 Å². The minimum absolute atomic E-state index is 0.0292. The van der Waals surface area contributed by atoms with Gasteiger partial charge in [0, 0.05) is 19.5 Å². The van der Waals surface area contributed by atoms with Gasteiger partial charge in [-0.1, -0.05) is 0 Å². The molecule has 2 heterocycles. The van der Waals surface area contributed by atoms with Gasteiger partial charge < -0.3 is 10.2 Å². The minimum Gasteiger partial charge on any atom is -0.354 e. The largest absolute Gasteiger partial charge is 0.354 e. The monoisotopic (exact) mass is 182 g/mol. The number of piperidine rings is 1. The van der Waals surface area contributed by atoms with Gasteiger partial charge in [-0.2, -0.15) is 0 Å². The molecule has 0 aromatic carbocycles. The van der Waals surface area contributed by atoms with Crippen LogP contribution in [-0.4, -0.2) is 35.8 Å². The van der Waals surface area contributed by atoms with Crippen molar-refractivity contribution in [3.05, 3.63) is 0 Å². The molecule has 13 heavy (non-hydrogen) atoms. The quantitative estimate of drug-likeness (QED) is 0.615. The first kappa shape index (κ1) is 8.53. The molecule has 1 atom stereocenters. The smallest absolute Gasteiger partial charge is 0.242 e. The van der Waals surface area contributed by atoms with Gasteiger partial charge in [-0.05, 0) is 19.3 Å². The summed E-state index contributed by atoms with van der Waals surface area (Å²) in [4.78, 5) is 24.5. The Labute approximate surface area is 77.3 Å². The molecule has 0 saturated carbocycles. The van der Waals surface area contributed by atoms with Crippen molar-refractivity contribution in [3.8, 4) is 0 Å². The molecule has 0 radical (unpaired) electrons. The molecule has 4 heteroatoms. The maximum atomic E-state index is 11.4. The van der Waals surface area contributed by atoms with Crippen LogP contribution >= 0.6 is 0 Å². The van der Waals surface area contributed by atoms with E-state index in [2.05, 4.69) is 5.32 Å². The number of nitrogens with one attached hydrogen (secondary N) is 1. The van der Waals surface area contributed by atoms with Crippen LogP contribution < -0.4 is 5.32 Å². The predicted octanol–water partition coefficient (Wildman–Crippen LogP) is -0.113. The van der Waals surface area contributed by atoms with Gasteiger partial charge in [-0.15, -0.1) is 0 Å². The number of rotatable bonds is 1. The zero-order chi connectivity index (χ0) is 9.26. The Hall–Kier alpha value is -1.06. The standard InChI is InChI=1S/C9H14N2O2/c12-8-4-2-6-11(8)7-3-1-5-10-9(7)13/h7H,1-6H2,(H,10,13). The molecule has 2 aliphatic heterocycles. The van der Waals surface area contributed by atoms with Crippen molar-refractivity contribution in [1.29, 1.82) is 0 Å². The van der Waals surface area contributed by atoms with Gasteiger partial charge >= 0.3 is 0 Å². The Morgan fingerprint density at radius 2 is 2.15 bits per heavy atom. The van der Waals surface area contributed by atoms with Crippen molar-refractivity contribution >= 4 is 11.8 Å². The van der Waals surface area contributed by atoms with Crippen LogP contribution in [0.3, 0.4) is 0 Å². The normalized spacial score (nSPS) is 29.2. The molecular weight excluding hydrogens is 168 g/mol. The van der Waals surface area contributed by atoms with E-state index in [1.54, 1.807) is 4.90 Å². The zero-order valence-electron chi connectivity index (χ0n) is 7.58. The first-order chi connectivity index (χ1) is 6.29. The zero-order valence-corrected chi connectivity index (χ0v) is 7.58. The predicted molar refractivity (Wildman–Crippen MR) is 47.0 cm³/mol. The highest BCUT2D eigenvalue weighted by atomic mass is 16.2. The third kappa shape index (κ3) is 1.53. The first-order valence-electron chi connectivity index (χ1n) is 4.86. The highest BCUT2D eigenvalue weighted by Crippen LogP contribution is 2.18. The van der Waals surface area contributed by atoms with E-state index in [4.69, 9.17) is 0 Å². The lowest BCUT2D eigenvalue weighted by atomic mass is 10.1. The van der Waals surface area contributed by atoms with E-state index in [1.165, 1.54) is 0 Å². The average Bonchev–Trinajstić information content (AvgIpc) is 2.52. The molecule has 0 spiro atoms. The molecule has 0 bridgehead atoms. The summed E-state index contributed by atoms with van der Waals surface area (Å²) in [6.45, 7) is 1.52. The van der Waals surface area contributed by atoms with E-state index in [0.29, 0.717) is 6.42 Å². The highest BCUT2D eigenvalue weighted by molar-refractivity contribution is 5.88. The van der Waals surface area contributed by atoms with Crippen LogP contribution in [0.15, 0.2) is 0 Å². The Morgan fingerprint density at radius 3 is 2.77 bits per heavy atom. The van der Waals surface area contributed by atoms with E-state index >= 15 is 0 Å². The lowest BCUT2D eigenvalue weighted by Gasteiger charge is -2.29. The Kier molecular flexibility index (Phi) is 2.20. The summed E-state index contributed by atoms with van der Waals surface area (Å²) in [5, 5.41) is 2.80. The SMILES string of the molecule is O=C1NCCCC1N1CCCC1=O. The number of amides is 2. The molecule has 2 saturated heterocycles. The van der Waals surface area contributed by atoms with Crippen LogP contribution in [0.25, 0.3) is 0 Å². The summed E-state index contributed by atoms with van der Waals surface area (Å²) in [5.41, 5.74) is 0. The number of hydrogen-bond donors (Lipinski definition) is 1. The molecule has 1 unspecified atom stereocenters. The Bertz CT molecular complexity index is 240. The number of carbonyl (C=O) groups excluding carboxylic acids is 2. The fourth-order valence-electron chi connectivity index (χ4n) is 2.05. The van der Waals surface area contributed by atoms with E-state index in [-0.39, 0.29) is 17.9 Å². The van der Waals surface area contributed by atoms with Crippen molar-refractivity contribution in [3.63, 3.8) is 0 Å². The molecule has 2 rings (SSSR count). The topological polar surface area (TPSA) is 49.4 Å². The van der Waals surface area contributed by atoms with Crippen molar-refractivity contribution in [2.45, 2.75) is 31.7 Å². The summed E-state index contributed by atoms with van der Waals surface area (Å²) < 4.78 is 0. The number of likely N-dealkylation sites (tertiary alicyclic amines) is 1. The van der Waals surface area contributed by atoms with Crippen LogP contribution in [0.5, 0.6) is 0 Å². The third-order valence-corrected chi connectivity index (χ3v) is 2.74. The van der Waals surface area contributed by atoms with Crippen LogP contribution in [0.2, 0.25) is 0 Å². The summed E-state index contributed by atoms with van der Waals surface area (Å²) in [6, 6.07) is -0.177. The Morgan fingerprint density at radius 1 is 1.31 bits per heavy atom. The summed E-state index contributed by atoms with van der Waals surface area (Å²) in [7, 11) is 0. The van der Waals surface area contributed by atoms with Crippen LogP contribution in [0.1, 0.15) is 25.7 Å². The molecule has 72 valence electrons. The van der Waals surface area contributed by atoms with Crippen LogP contribution in [0.4, 0.5) is 0 Å². The second-order valence-corrected chi connectivity index (χ2v) is 3.64. The van der Waals surface area contributed by atoms with Gasteiger partial charge in [0.15, 0.2) is 0 Å². The first-order valence-corrected chi connectivity index (χ1v) is 4.86. The third-order valence-electron chi connectivity index (χ3n) is 2.74. The molecule has 2 fully saturated rings. The lowest BCUT2D eigenvalue weighted by Crippen LogP contribution is -2.50. The molecule has 1 N–H and O–H groups in total. The maximum Gasteiger partial charge on any atom is 0.242 e. The van der Waals surface area contributed by atoms with Gasteiger partial charge in [0.2, 0.25) is 11.8 Å². The summed E-state index contributed by atoms with van der Waals surface area (Å²) >= 11 is 0. The van der Waals surface area contributed by atoms with Crippen LogP contribution in [0, 0.1) is 0 Å². The van der Waals surface area contributed by atoms with Crippen molar-refractivity contribution in [2.75, 3.05) is 13.1 Å². The van der Waals surface area contributed by atoms with Gasteiger partial charge in [0.25, 0.3) is 0 Å². The molecule has 0 aliphatic carbocycles. The van der Waals surface area contributed by atoms with Crippen molar-refractivity contribution in [1.82, 2.24) is 10.2 Å². The van der Waals surface area contributed by atoms with E-state index in [1.807, 2.05) is 0 Å². The molecule has 4 nitrogen and oxygen atoms in total. The molecule has 0 aromatic heterocycles. The minimum atomic E-state index is -0.177. The van der Waals surface area contributed by atoms with Gasteiger partial charge in [0.1, 0.15) is 6.04 Å². The fraction of sp³-hybridized carbons (Fsp3) is 0.778. The average molecular weight is 182 g/mol. The second-order valence-electron chi connectivity index (χ2n) is 3.64. The molecule has 2 amide bonds. The van der Waals surface area contributed by atoms with E-state index in [9.17, 15) is 9.59 Å². The van der Waals surface area contributed by atoms with Crippen molar-refractivity contribution < 1.29 is 9.59 Å². The molecule has 0 aromatic rings. The molecular formula is C9H14N2O2. The summed E-state index contributed by atoms with van der Waals surface area (Å²) in [5.74, 6) is 0.170. The van der Waals surface area contributed by atoms with Gasteiger partial charge in [0.05, 0.1) is 0 Å². The molecule has 2 aliphatic rings. The van der Waals surface area contributed by atoms with Crippen LogP contribution in [-0.2, 0) is 9.59 Å². The van der Waals surface area contributed by atoms with E-state index in [0.717, 1.165) is 32.4 Å². The lowest BCUT2D eigenvalue weighted by molar-refractivity contribution is -0.138. The number of nitrogens with zero attached hydrogens (tertiary/aromatic N) is 1. The second kappa shape index (κ2) is 3.36. The highest BCUT2D eigenvalue weighted by Gasteiger charge is 2.33. The van der Waals surface area contributed by atoms with Crippen molar-refractivity contribution in [2.24, 2.45) is 0 Å². The van der Waals surface area contributed by atoms with Gasteiger partial charge in [-0.3, -0.25) is 9.59 Å².